The summed E-state index contributed by atoms with van der Waals surface area (Å²) in [4.78, 5) is 24.9. The van der Waals surface area contributed by atoms with Crippen LogP contribution in [0.2, 0.25) is 5.15 Å². The lowest BCUT2D eigenvalue weighted by Crippen LogP contribution is -2.27. The molecule has 1 saturated heterocycles. The van der Waals surface area contributed by atoms with E-state index in [4.69, 9.17) is 16.3 Å². The molecule has 1 aliphatic heterocycles. The Morgan fingerprint density at radius 2 is 2.33 bits per heavy atom. The van der Waals surface area contributed by atoms with Gasteiger partial charge in [0.25, 0.3) is 5.56 Å². The van der Waals surface area contributed by atoms with Gasteiger partial charge < -0.3 is 9.64 Å². The van der Waals surface area contributed by atoms with Crippen LogP contribution in [0.4, 0.5) is 5.69 Å². The molecular weight excluding hydrogens is 258 g/mol. The third kappa shape index (κ3) is 2.33. The lowest BCUT2D eigenvalue weighted by atomic mass is 10.1. The number of rotatable bonds is 2. The Kier molecular flexibility index (Phi) is 3.56. The number of anilines is 1. The molecule has 0 radical (unpaired) electrons. The minimum Gasteiger partial charge on any atom is -0.469 e. The zero-order chi connectivity index (χ0) is 13.3. The van der Waals surface area contributed by atoms with Gasteiger partial charge in [0, 0.05) is 26.2 Å². The van der Waals surface area contributed by atoms with Gasteiger partial charge in [-0.2, -0.15) is 5.10 Å². The van der Waals surface area contributed by atoms with E-state index in [9.17, 15) is 9.59 Å². The monoisotopic (exact) mass is 271 g/mol. The predicted octanol–water partition coefficient (Wildman–Crippen LogP) is 0.433. The standard InChI is InChI=1S/C11H14ClN3O3/c1-14-9(16)5-8(10(12)13-14)15-4-3-7(6-15)11(17)18-2/h5,7H,3-4,6H2,1-2H3. The summed E-state index contributed by atoms with van der Waals surface area (Å²) in [6.45, 7) is 1.16. The second kappa shape index (κ2) is 4.97. The first kappa shape index (κ1) is 12.9. The molecule has 18 heavy (non-hydrogen) atoms. The van der Waals surface area contributed by atoms with Gasteiger partial charge in [-0.25, -0.2) is 4.68 Å². The van der Waals surface area contributed by atoms with Crippen molar-refractivity contribution in [3.05, 3.63) is 21.6 Å². The third-order valence-electron chi connectivity index (χ3n) is 3.09. The Morgan fingerprint density at radius 1 is 1.61 bits per heavy atom. The van der Waals surface area contributed by atoms with E-state index in [1.165, 1.54) is 17.9 Å². The molecule has 1 aromatic heterocycles. The maximum atomic E-state index is 11.5. The fourth-order valence-electron chi connectivity index (χ4n) is 2.06. The predicted molar refractivity (Wildman–Crippen MR) is 66.8 cm³/mol. The molecule has 1 atom stereocenters. The number of hydrogen-bond acceptors (Lipinski definition) is 5. The molecule has 98 valence electrons. The van der Waals surface area contributed by atoms with Crippen LogP contribution in [0.15, 0.2) is 10.9 Å². The van der Waals surface area contributed by atoms with Gasteiger partial charge in [-0.3, -0.25) is 9.59 Å². The van der Waals surface area contributed by atoms with Gasteiger partial charge in [0.1, 0.15) is 0 Å². The summed E-state index contributed by atoms with van der Waals surface area (Å²) in [5.41, 5.74) is 0.349. The summed E-state index contributed by atoms with van der Waals surface area (Å²) < 4.78 is 5.89. The Bertz CT molecular complexity index is 529. The Hall–Kier alpha value is -1.56. The van der Waals surface area contributed by atoms with E-state index in [2.05, 4.69) is 5.10 Å². The number of esters is 1. The number of ether oxygens (including phenoxy) is 1. The average Bonchev–Trinajstić information content (AvgIpc) is 2.82. The molecule has 0 amide bonds. The smallest absolute Gasteiger partial charge is 0.310 e. The molecular formula is C11H14ClN3O3. The summed E-state index contributed by atoms with van der Waals surface area (Å²) in [7, 11) is 2.91. The number of nitrogens with zero attached hydrogens (tertiary/aromatic N) is 3. The fourth-order valence-corrected chi connectivity index (χ4v) is 2.35. The zero-order valence-electron chi connectivity index (χ0n) is 10.2. The van der Waals surface area contributed by atoms with Crippen LogP contribution in [0, 0.1) is 5.92 Å². The number of halogens is 1. The van der Waals surface area contributed by atoms with E-state index in [1.54, 1.807) is 7.05 Å². The minimum absolute atomic E-state index is 0.171. The van der Waals surface area contributed by atoms with Gasteiger partial charge in [-0.05, 0) is 6.42 Å². The molecule has 0 saturated carbocycles. The average molecular weight is 272 g/mol. The number of carbonyl (C=O) groups is 1. The molecule has 0 N–H and O–H groups in total. The largest absolute Gasteiger partial charge is 0.469 e. The number of methoxy groups -OCH3 is 1. The number of carbonyl (C=O) groups excluding carboxylic acids is 1. The number of aromatic nitrogens is 2. The van der Waals surface area contributed by atoms with Gasteiger partial charge in [0.2, 0.25) is 0 Å². The van der Waals surface area contributed by atoms with E-state index in [-0.39, 0.29) is 22.6 Å². The molecule has 0 aliphatic carbocycles. The lowest BCUT2D eigenvalue weighted by molar-refractivity contribution is -0.144. The van der Waals surface area contributed by atoms with Gasteiger partial charge in [-0.1, -0.05) is 11.6 Å². The van der Waals surface area contributed by atoms with Crippen LogP contribution in [-0.2, 0) is 16.6 Å². The van der Waals surface area contributed by atoms with E-state index in [1.807, 2.05) is 4.90 Å². The van der Waals surface area contributed by atoms with E-state index in [0.717, 1.165) is 0 Å². The molecule has 6 nitrogen and oxygen atoms in total. The molecule has 0 bridgehead atoms. The number of aryl methyl sites for hydroxylation is 1. The first-order valence-corrected chi connectivity index (χ1v) is 5.97. The van der Waals surface area contributed by atoms with Crippen molar-refractivity contribution in [3.63, 3.8) is 0 Å². The van der Waals surface area contributed by atoms with Crippen molar-refractivity contribution < 1.29 is 9.53 Å². The van der Waals surface area contributed by atoms with E-state index in [0.29, 0.717) is 25.2 Å². The summed E-state index contributed by atoms with van der Waals surface area (Å²) in [6, 6.07) is 1.44. The van der Waals surface area contributed by atoms with Crippen molar-refractivity contribution in [2.45, 2.75) is 6.42 Å². The Balaban J connectivity index is 2.22. The van der Waals surface area contributed by atoms with Gasteiger partial charge in [-0.15, -0.1) is 0 Å². The quantitative estimate of drug-likeness (QED) is 0.730. The highest BCUT2D eigenvalue weighted by atomic mass is 35.5. The first-order chi connectivity index (χ1) is 8.52. The molecule has 2 rings (SSSR count). The summed E-state index contributed by atoms with van der Waals surface area (Å²) >= 11 is 6.01. The molecule has 0 spiro atoms. The van der Waals surface area contributed by atoms with Crippen LogP contribution in [0.5, 0.6) is 0 Å². The third-order valence-corrected chi connectivity index (χ3v) is 3.36. The SMILES string of the molecule is COC(=O)C1CCN(c2cc(=O)n(C)nc2Cl)C1. The van der Waals surface area contributed by atoms with Gasteiger partial charge >= 0.3 is 5.97 Å². The maximum Gasteiger partial charge on any atom is 0.310 e. The fraction of sp³-hybridized carbons (Fsp3) is 0.545. The van der Waals surface area contributed by atoms with Crippen LogP contribution < -0.4 is 10.5 Å². The van der Waals surface area contributed by atoms with Crippen molar-refractivity contribution in [1.82, 2.24) is 9.78 Å². The van der Waals surface area contributed by atoms with Crippen LogP contribution in [0.1, 0.15) is 6.42 Å². The molecule has 1 aliphatic rings. The molecule has 1 aromatic rings. The second-order valence-electron chi connectivity index (χ2n) is 4.24. The van der Waals surface area contributed by atoms with E-state index >= 15 is 0 Å². The second-order valence-corrected chi connectivity index (χ2v) is 4.60. The van der Waals surface area contributed by atoms with Crippen molar-refractivity contribution in [1.29, 1.82) is 0 Å². The zero-order valence-corrected chi connectivity index (χ0v) is 11.0. The Morgan fingerprint density at radius 3 is 3.00 bits per heavy atom. The normalized spacial score (nSPS) is 19.1. The van der Waals surface area contributed by atoms with Crippen LogP contribution >= 0.6 is 11.6 Å². The summed E-state index contributed by atoms with van der Waals surface area (Å²) in [5.74, 6) is -0.402. The maximum absolute atomic E-state index is 11.5. The van der Waals surface area contributed by atoms with E-state index < -0.39 is 0 Å². The highest BCUT2D eigenvalue weighted by Crippen LogP contribution is 2.27. The molecule has 2 heterocycles. The lowest BCUT2D eigenvalue weighted by Gasteiger charge is -2.18. The minimum atomic E-state index is -0.231. The highest BCUT2D eigenvalue weighted by Gasteiger charge is 2.30. The Labute approximate surface area is 109 Å². The van der Waals surface area contributed by atoms with Crippen molar-refractivity contribution in [2.75, 3.05) is 25.1 Å². The first-order valence-electron chi connectivity index (χ1n) is 5.59. The number of hydrogen-bond donors (Lipinski definition) is 0. The summed E-state index contributed by atoms with van der Waals surface area (Å²) in [6.07, 6.45) is 0.693. The molecule has 0 aromatic carbocycles. The molecule has 1 unspecified atom stereocenters. The van der Waals surface area contributed by atoms with Crippen molar-refractivity contribution in [2.24, 2.45) is 13.0 Å². The van der Waals surface area contributed by atoms with Crippen molar-refractivity contribution >= 4 is 23.3 Å². The molecule has 1 fully saturated rings. The van der Waals surface area contributed by atoms with Crippen LogP contribution in [-0.4, -0.2) is 35.9 Å². The highest BCUT2D eigenvalue weighted by molar-refractivity contribution is 6.31. The van der Waals surface area contributed by atoms with Crippen LogP contribution in [0.3, 0.4) is 0 Å². The summed E-state index contributed by atoms with van der Waals surface area (Å²) in [5, 5.41) is 4.19. The molecule has 7 heteroatoms. The van der Waals surface area contributed by atoms with Crippen molar-refractivity contribution in [3.8, 4) is 0 Å². The van der Waals surface area contributed by atoms with Gasteiger partial charge in [0.15, 0.2) is 5.15 Å². The van der Waals surface area contributed by atoms with Gasteiger partial charge in [0.05, 0.1) is 18.7 Å². The van der Waals surface area contributed by atoms with Crippen LogP contribution in [0.25, 0.3) is 0 Å². The topological polar surface area (TPSA) is 64.4 Å².